The highest BCUT2D eigenvalue weighted by molar-refractivity contribution is 6.31. The standard InChI is InChI=1S/C27H23ClN8O4/c1-18-15-21(35(13-3-11-29)14-4-12-30)8-9-23(18)26(32-31-20-5-2-6-22(17-20)36(39)40)33-34-27(38)24-16-19(28)7-10-25(24)37/h2,5-10,15-17,37H,3-4,13-14H2,1H3,(H,34,38)/b32-31?,33-26-. The number of benzene rings is 3. The molecule has 0 atom stereocenters. The number of carbonyl (C=O) groups is 1. The van der Waals surface area contributed by atoms with Crippen molar-refractivity contribution in [3.05, 3.63) is 92.5 Å². The van der Waals surface area contributed by atoms with Crippen molar-refractivity contribution in [3.8, 4) is 17.9 Å². The highest BCUT2D eigenvalue weighted by Gasteiger charge is 2.15. The number of nitrogens with one attached hydrogen (secondary N) is 1. The molecule has 12 nitrogen and oxygen atoms in total. The minimum atomic E-state index is -0.753. The number of nitro groups is 1. The number of hydrogen-bond acceptors (Lipinski definition) is 9. The Kier molecular flexibility index (Phi) is 10.2. The SMILES string of the molecule is Cc1cc(N(CCC#N)CCC#N)ccc1/C(N=Nc1cccc([N+](=O)[O-])c1)=N/NC(=O)c1cc(Cl)ccc1O. The highest BCUT2D eigenvalue weighted by Crippen LogP contribution is 2.24. The number of amidine groups is 1. The summed E-state index contributed by atoms with van der Waals surface area (Å²) in [6, 6.07) is 19.0. The minimum absolute atomic E-state index is 0.0222. The van der Waals surface area contributed by atoms with E-state index in [9.17, 15) is 20.0 Å². The predicted molar refractivity (Wildman–Crippen MR) is 149 cm³/mol. The van der Waals surface area contributed by atoms with E-state index in [-0.39, 0.29) is 46.4 Å². The summed E-state index contributed by atoms with van der Waals surface area (Å²) in [4.78, 5) is 25.2. The Labute approximate surface area is 234 Å². The quantitative estimate of drug-likeness (QED) is 0.104. The third-order valence-corrected chi connectivity index (χ3v) is 5.81. The van der Waals surface area contributed by atoms with Gasteiger partial charge in [0.2, 0.25) is 5.84 Å². The largest absolute Gasteiger partial charge is 0.507 e. The summed E-state index contributed by atoms with van der Waals surface area (Å²) in [7, 11) is 0. The van der Waals surface area contributed by atoms with Gasteiger partial charge < -0.3 is 10.0 Å². The Morgan fingerprint density at radius 1 is 1.07 bits per heavy atom. The van der Waals surface area contributed by atoms with Crippen LogP contribution in [0.2, 0.25) is 5.02 Å². The van der Waals surface area contributed by atoms with Gasteiger partial charge in [0.25, 0.3) is 11.6 Å². The number of hydrogen-bond donors (Lipinski definition) is 2. The van der Waals surface area contributed by atoms with Crippen molar-refractivity contribution in [2.45, 2.75) is 19.8 Å². The molecule has 0 aliphatic carbocycles. The van der Waals surface area contributed by atoms with Crippen LogP contribution < -0.4 is 10.3 Å². The molecule has 13 heteroatoms. The molecule has 1 amide bonds. The van der Waals surface area contributed by atoms with Crippen LogP contribution >= 0.6 is 11.6 Å². The number of phenols is 1. The van der Waals surface area contributed by atoms with Gasteiger partial charge in [-0.25, -0.2) is 5.43 Å². The van der Waals surface area contributed by atoms with Crippen molar-refractivity contribution < 1.29 is 14.8 Å². The van der Waals surface area contributed by atoms with Gasteiger partial charge in [-0.15, -0.1) is 15.3 Å². The van der Waals surface area contributed by atoms with Gasteiger partial charge >= 0.3 is 0 Å². The monoisotopic (exact) mass is 558 g/mol. The molecule has 0 heterocycles. The maximum atomic E-state index is 12.7. The number of azo groups is 1. The fourth-order valence-electron chi connectivity index (χ4n) is 3.60. The summed E-state index contributed by atoms with van der Waals surface area (Å²) in [6.45, 7) is 2.65. The lowest BCUT2D eigenvalue weighted by atomic mass is 10.1. The topological polar surface area (TPSA) is 180 Å². The van der Waals surface area contributed by atoms with Crippen LogP contribution in [-0.2, 0) is 0 Å². The number of nitrogens with zero attached hydrogens (tertiary/aromatic N) is 7. The number of carbonyl (C=O) groups excluding carboxylic acids is 1. The fraction of sp³-hybridized carbons (Fsp3) is 0.185. The summed E-state index contributed by atoms with van der Waals surface area (Å²) in [5, 5.41) is 51.8. The molecule has 0 aliphatic rings. The number of anilines is 1. The molecule has 3 rings (SSSR count). The Morgan fingerprint density at radius 2 is 1.80 bits per heavy atom. The van der Waals surface area contributed by atoms with Gasteiger partial charge in [-0.05, 0) is 55.0 Å². The summed E-state index contributed by atoms with van der Waals surface area (Å²) in [5.74, 6) is -1.07. The maximum Gasteiger partial charge on any atom is 0.275 e. The minimum Gasteiger partial charge on any atom is -0.507 e. The highest BCUT2D eigenvalue weighted by atomic mass is 35.5. The molecule has 202 valence electrons. The summed E-state index contributed by atoms with van der Waals surface area (Å²) >= 11 is 5.95. The zero-order valence-corrected chi connectivity index (χ0v) is 22.0. The molecule has 0 bridgehead atoms. The van der Waals surface area contributed by atoms with E-state index in [4.69, 9.17) is 22.1 Å². The maximum absolute atomic E-state index is 12.7. The molecule has 0 saturated heterocycles. The molecule has 0 saturated carbocycles. The number of phenolic OH excluding ortho intramolecular Hbond substituents is 1. The third kappa shape index (κ3) is 7.84. The fourth-order valence-corrected chi connectivity index (χ4v) is 3.77. The lowest BCUT2D eigenvalue weighted by Gasteiger charge is -2.23. The number of amides is 1. The van der Waals surface area contributed by atoms with Crippen molar-refractivity contribution in [1.82, 2.24) is 5.43 Å². The summed E-state index contributed by atoms with van der Waals surface area (Å²) in [6.07, 6.45) is 0.553. The molecule has 40 heavy (non-hydrogen) atoms. The molecule has 2 N–H and O–H groups in total. The second-order valence-corrected chi connectivity index (χ2v) is 8.75. The van der Waals surface area contributed by atoms with Crippen LogP contribution in [0.1, 0.15) is 34.3 Å². The average Bonchev–Trinajstić information content (AvgIpc) is 2.94. The molecular weight excluding hydrogens is 536 g/mol. The van der Waals surface area contributed by atoms with Crippen LogP contribution in [0.15, 0.2) is 76.0 Å². The van der Waals surface area contributed by atoms with Gasteiger partial charge in [-0.1, -0.05) is 17.7 Å². The van der Waals surface area contributed by atoms with E-state index in [0.29, 0.717) is 24.2 Å². The number of non-ortho nitro benzene ring substituents is 1. The van der Waals surface area contributed by atoms with Gasteiger partial charge in [-0.3, -0.25) is 14.9 Å². The van der Waals surface area contributed by atoms with Crippen LogP contribution in [0.3, 0.4) is 0 Å². The zero-order valence-electron chi connectivity index (χ0n) is 21.3. The van der Waals surface area contributed by atoms with E-state index in [0.717, 1.165) is 5.69 Å². The second kappa shape index (κ2) is 14.0. The van der Waals surface area contributed by atoms with Gasteiger partial charge in [0, 0.05) is 41.5 Å². The number of aromatic hydroxyl groups is 1. The summed E-state index contributed by atoms with van der Waals surface area (Å²) in [5.41, 5.74) is 4.19. The van der Waals surface area contributed by atoms with Crippen LogP contribution in [-0.4, -0.2) is 34.9 Å². The number of hydrazone groups is 1. The second-order valence-electron chi connectivity index (χ2n) is 8.32. The van der Waals surface area contributed by atoms with E-state index in [1.807, 2.05) is 11.0 Å². The third-order valence-electron chi connectivity index (χ3n) is 5.57. The zero-order chi connectivity index (χ0) is 29.1. The molecular formula is C27H23ClN8O4. The molecule has 0 radical (unpaired) electrons. The van der Waals surface area contributed by atoms with Crippen LogP contribution in [0.4, 0.5) is 17.1 Å². The Bertz CT molecular complexity index is 1540. The van der Waals surface area contributed by atoms with Gasteiger partial charge in [-0.2, -0.15) is 10.5 Å². The first-order valence-corrected chi connectivity index (χ1v) is 12.2. The number of nitro benzene ring substituents is 1. The molecule has 0 spiro atoms. The smallest absolute Gasteiger partial charge is 0.275 e. The van der Waals surface area contributed by atoms with Crippen molar-refractivity contribution >= 4 is 40.4 Å². The lowest BCUT2D eigenvalue weighted by molar-refractivity contribution is -0.384. The van der Waals surface area contributed by atoms with E-state index in [2.05, 4.69) is 32.9 Å². The predicted octanol–water partition coefficient (Wildman–Crippen LogP) is 5.77. The van der Waals surface area contributed by atoms with E-state index in [1.165, 1.54) is 42.5 Å². The molecule has 3 aromatic rings. The number of nitriles is 2. The molecule has 0 fully saturated rings. The van der Waals surface area contributed by atoms with Crippen molar-refractivity contribution in [2.75, 3.05) is 18.0 Å². The van der Waals surface area contributed by atoms with Gasteiger partial charge in [0.15, 0.2) is 0 Å². The van der Waals surface area contributed by atoms with Crippen LogP contribution in [0.25, 0.3) is 0 Å². The van der Waals surface area contributed by atoms with Crippen molar-refractivity contribution in [3.63, 3.8) is 0 Å². The van der Waals surface area contributed by atoms with Crippen molar-refractivity contribution in [2.24, 2.45) is 15.3 Å². The first-order valence-electron chi connectivity index (χ1n) is 11.9. The van der Waals surface area contributed by atoms with Gasteiger partial charge in [0.05, 0.1) is 41.2 Å². The van der Waals surface area contributed by atoms with E-state index >= 15 is 0 Å². The van der Waals surface area contributed by atoms with Gasteiger partial charge in [0.1, 0.15) is 5.75 Å². The molecule has 0 aromatic heterocycles. The Hall–Kier alpha value is -5.33. The lowest BCUT2D eigenvalue weighted by Crippen LogP contribution is -2.25. The molecule has 3 aromatic carbocycles. The first-order chi connectivity index (χ1) is 19.2. The summed E-state index contributed by atoms with van der Waals surface area (Å²) < 4.78 is 0. The van der Waals surface area contributed by atoms with Crippen molar-refractivity contribution in [1.29, 1.82) is 10.5 Å². The van der Waals surface area contributed by atoms with Crippen LogP contribution in [0, 0.1) is 39.7 Å². The number of aryl methyl sites for hydroxylation is 1. The average molecular weight is 559 g/mol. The van der Waals surface area contributed by atoms with E-state index < -0.39 is 10.8 Å². The van der Waals surface area contributed by atoms with E-state index in [1.54, 1.807) is 19.1 Å². The molecule has 0 aliphatic heterocycles. The number of halogens is 1. The number of rotatable bonds is 10. The Balaban J connectivity index is 2.00. The first kappa shape index (κ1) is 29.2. The van der Waals surface area contributed by atoms with Crippen LogP contribution in [0.5, 0.6) is 5.75 Å². The normalized spacial score (nSPS) is 11.1. The Morgan fingerprint density at radius 3 is 2.45 bits per heavy atom. The molecule has 0 unspecified atom stereocenters.